The molecule has 0 spiro atoms. The molecule has 1 N–H and O–H groups in total. The van der Waals surface area contributed by atoms with Gasteiger partial charge in [-0.3, -0.25) is 4.79 Å². The minimum Gasteiger partial charge on any atom is -0.486 e. The molecule has 7 heteroatoms. The molecule has 0 saturated heterocycles. The van der Waals surface area contributed by atoms with Crippen LogP contribution in [0.3, 0.4) is 0 Å². The summed E-state index contributed by atoms with van der Waals surface area (Å²) in [6.07, 6.45) is 0.617. The van der Waals surface area contributed by atoms with Gasteiger partial charge in [-0.15, -0.1) is 11.8 Å². The molecule has 1 unspecified atom stereocenters. The molecule has 0 aliphatic carbocycles. The van der Waals surface area contributed by atoms with E-state index < -0.39 is 0 Å². The number of para-hydroxylation sites is 1. The molecule has 1 aliphatic heterocycles. The second-order valence-electron chi connectivity index (χ2n) is 6.11. The van der Waals surface area contributed by atoms with E-state index >= 15 is 0 Å². The minimum absolute atomic E-state index is 0.143. The molecule has 1 atom stereocenters. The zero-order chi connectivity index (χ0) is 19.2. The molecule has 1 amide bonds. The molecule has 0 fully saturated rings. The van der Waals surface area contributed by atoms with Crippen LogP contribution in [0.15, 0.2) is 41.3 Å². The standard InChI is InChI=1S/C20H19ClN2O3S/c1-13(6-7-22)27-18-5-3-2-4-16(18)23-19(24)12-14-10-15(21)20-17(11-14)25-8-9-26-20/h2-5,10-11,13H,6,8-9,12H2,1H3,(H,23,24). The Morgan fingerprint density at radius 2 is 2.11 bits per heavy atom. The van der Waals surface area contributed by atoms with Crippen LogP contribution in [0.4, 0.5) is 5.69 Å². The van der Waals surface area contributed by atoms with Crippen LogP contribution in [-0.2, 0) is 11.2 Å². The molecule has 1 heterocycles. The van der Waals surface area contributed by atoms with Crippen LogP contribution in [0.25, 0.3) is 0 Å². The Morgan fingerprint density at radius 1 is 1.33 bits per heavy atom. The SMILES string of the molecule is CC(CC#N)Sc1ccccc1NC(=O)Cc1cc(Cl)c2c(c1)OCCO2. The van der Waals surface area contributed by atoms with E-state index in [9.17, 15) is 4.79 Å². The summed E-state index contributed by atoms with van der Waals surface area (Å²) in [7, 11) is 0. The van der Waals surface area contributed by atoms with Gasteiger partial charge >= 0.3 is 0 Å². The number of carbonyl (C=O) groups is 1. The molecule has 0 radical (unpaired) electrons. The lowest BCUT2D eigenvalue weighted by Crippen LogP contribution is -2.17. The molecule has 0 saturated carbocycles. The number of anilines is 1. The van der Waals surface area contributed by atoms with Crippen molar-refractivity contribution in [2.45, 2.75) is 29.9 Å². The summed E-state index contributed by atoms with van der Waals surface area (Å²) in [4.78, 5) is 13.5. The van der Waals surface area contributed by atoms with Gasteiger partial charge in [0.05, 0.1) is 23.2 Å². The number of nitrogens with one attached hydrogen (secondary N) is 1. The third-order valence-corrected chi connectivity index (χ3v) is 5.35. The van der Waals surface area contributed by atoms with Crippen LogP contribution in [0.5, 0.6) is 11.5 Å². The van der Waals surface area contributed by atoms with Crippen molar-refractivity contribution in [2.24, 2.45) is 0 Å². The number of nitrogens with zero attached hydrogens (tertiary/aromatic N) is 1. The first-order valence-corrected chi connectivity index (χ1v) is 9.83. The van der Waals surface area contributed by atoms with Crippen LogP contribution < -0.4 is 14.8 Å². The summed E-state index contributed by atoms with van der Waals surface area (Å²) >= 11 is 7.81. The van der Waals surface area contributed by atoms with E-state index in [4.69, 9.17) is 26.3 Å². The maximum atomic E-state index is 12.5. The van der Waals surface area contributed by atoms with Crippen molar-refractivity contribution in [3.63, 3.8) is 0 Å². The first-order chi connectivity index (χ1) is 13.1. The van der Waals surface area contributed by atoms with Crippen LogP contribution >= 0.6 is 23.4 Å². The summed E-state index contributed by atoms with van der Waals surface area (Å²) in [6.45, 7) is 2.92. The van der Waals surface area contributed by atoms with E-state index in [0.29, 0.717) is 36.2 Å². The van der Waals surface area contributed by atoms with Gasteiger partial charge in [-0.25, -0.2) is 0 Å². The highest BCUT2D eigenvalue weighted by atomic mass is 35.5. The van der Waals surface area contributed by atoms with Gasteiger partial charge in [-0.05, 0) is 29.8 Å². The summed E-state index contributed by atoms with van der Waals surface area (Å²) < 4.78 is 11.1. The maximum Gasteiger partial charge on any atom is 0.228 e. The summed E-state index contributed by atoms with van der Waals surface area (Å²) in [5, 5.41) is 12.4. The minimum atomic E-state index is -0.149. The summed E-state index contributed by atoms with van der Waals surface area (Å²) in [5.41, 5.74) is 1.49. The quantitative estimate of drug-likeness (QED) is 0.710. The second kappa shape index (κ2) is 9.03. The molecule has 1 aliphatic rings. The number of halogens is 1. The summed E-state index contributed by atoms with van der Waals surface area (Å²) in [6, 6.07) is 13.3. The Bertz CT molecular complexity index is 882. The number of thioether (sulfide) groups is 1. The number of hydrogen-bond donors (Lipinski definition) is 1. The molecule has 0 aromatic heterocycles. The van der Waals surface area contributed by atoms with E-state index in [0.717, 1.165) is 16.1 Å². The van der Waals surface area contributed by atoms with Gasteiger partial charge in [0.25, 0.3) is 0 Å². The number of ether oxygens (including phenoxy) is 2. The lowest BCUT2D eigenvalue weighted by atomic mass is 10.1. The van der Waals surface area contributed by atoms with E-state index in [1.165, 1.54) is 0 Å². The number of fused-ring (bicyclic) bond motifs is 1. The number of amides is 1. The third kappa shape index (κ3) is 5.09. The average molecular weight is 403 g/mol. The topological polar surface area (TPSA) is 71.4 Å². The van der Waals surface area contributed by atoms with Crippen molar-refractivity contribution in [2.75, 3.05) is 18.5 Å². The predicted molar refractivity (Wildman–Crippen MR) is 107 cm³/mol. The van der Waals surface area contributed by atoms with E-state index in [2.05, 4.69) is 11.4 Å². The number of benzene rings is 2. The predicted octanol–water partition coefficient (Wildman–Crippen LogP) is 4.69. The molecular formula is C20H19ClN2O3S. The van der Waals surface area contributed by atoms with Gasteiger partial charge in [0, 0.05) is 16.6 Å². The molecule has 3 rings (SSSR count). The highest BCUT2D eigenvalue weighted by molar-refractivity contribution is 8.00. The van der Waals surface area contributed by atoms with Gasteiger partial charge in [0.1, 0.15) is 13.2 Å². The molecular weight excluding hydrogens is 384 g/mol. The van der Waals surface area contributed by atoms with Gasteiger partial charge in [0.2, 0.25) is 5.91 Å². The number of carbonyl (C=O) groups excluding carboxylic acids is 1. The molecule has 2 aromatic rings. The number of rotatable bonds is 6. The monoisotopic (exact) mass is 402 g/mol. The number of hydrogen-bond acceptors (Lipinski definition) is 5. The smallest absolute Gasteiger partial charge is 0.228 e. The highest BCUT2D eigenvalue weighted by Crippen LogP contribution is 2.38. The largest absolute Gasteiger partial charge is 0.486 e. The molecule has 27 heavy (non-hydrogen) atoms. The van der Waals surface area contributed by atoms with Crippen LogP contribution in [0.2, 0.25) is 5.02 Å². The van der Waals surface area contributed by atoms with Gasteiger partial charge < -0.3 is 14.8 Å². The Hall–Kier alpha value is -2.36. The van der Waals surface area contributed by atoms with Crippen molar-refractivity contribution >= 4 is 35.0 Å². The Balaban J connectivity index is 1.70. The number of nitriles is 1. The van der Waals surface area contributed by atoms with Crippen molar-refractivity contribution in [1.82, 2.24) is 0 Å². The van der Waals surface area contributed by atoms with Crippen molar-refractivity contribution in [3.8, 4) is 17.6 Å². The van der Waals surface area contributed by atoms with E-state index in [1.54, 1.807) is 23.9 Å². The van der Waals surface area contributed by atoms with Crippen molar-refractivity contribution in [1.29, 1.82) is 5.26 Å². The zero-order valence-electron chi connectivity index (χ0n) is 14.8. The van der Waals surface area contributed by atoms with Crippen LogP contribution in [-0.4, -0.2) is 24.4 Å². The zero-order valence-corrected chi connectivity index (χ0v) is 16.4. The fraction of sp³-hybridized carbons (Fsp3) is 0.300. The third-order valence-electron chi connectivity index (χ3n) is 3.89. The maximum absolute atomic E-state index is 12.5. The van der Waals surface area contributed by atoms with Gasteiger partial charge in [0.15, 0.2) is 11.5 Å². The molecule has 0 bridgehead atoms. The Labute approximate surface area is 167 Å². The fourth-order valence-corrected chi connectivity index (χ4v) is 3.99. The second-order valence-corrected chi connectivity index (χ2v) is 8.00. The molecule has 2 aromatic carbocycles. The summed E-state index contributed by atoms with van der Waals surface area (Å²) in [5.74, 6) is 0.946. The normalized spacial score (nSPS) is 13.5. The van der Waals surface area contributed by atoms with Crippen molar-refractivity contribution in [3.05, 3.63) is 47.0 Å². The molecule has 5 nitrogen and oxygen atoms in total. The Morgan fingerprint density at radius 3 is 2.93 bits per heavy atom. The first kappa shape index (κ1) is 19.4. The van der Waals surface area contributed by atoms with Crippen molar-refractivity contribution < 1.29 is 14.3 Å². The van der Waals surface area contributed by atoms with Gasteiger partial charge in [-0.2, -0.15) is 5.26 Å². The van der Waals surface area contributed by atoms with E-state index in [-0.39, 0.29) is 17.6 Å². The lowest BCUT2D eigenvalue weighted by Gasteiger charge is -2.20. The average Bonchev–Trinajstić information content (AvgIpc) is 2.63. The lowest BCUT2D eigenvalue weighted by molar-refractivity contribution is -0.115. The van der Waals surface area contributed by atoms with Crippen LogP contribution in [0.1, 0.15) is 18.9 Å². The molecule has 140 valence electrons. The van der Waals surface area contributed by atoms with Gasteiger partial charge in [-0.1, -0.05) is 30.7 Å². The Kier molecular flexibility index (Phi) is 6.49. The first-order valence-electron chi connectivity index (χ1n) is 8.57. The highest BCUT2D eigenvalue weighted by Gasteiger charge is 2.18. The van der Waals surface area contributed by atoms with E-state index in [1.807, 2.05) is 31.2 Å². The van der Waals surface area contributed by atoms with Crippen LogP contribution in [0, 0.1) is 11.3 Å². The fourth-order valence-electron chi connectivity index (χ4n) is 2.71.